The number of likely N-dealkylation sites (tertiary alicyclic amines) is 1. The van der Waals surface area contributed by atoms with Crippen molar-refractivity contribution in [3.63, 3.8) is 0 Å². The first-order valence-electron chi connectivity index (χ1n) is 7.34. The number of para-hydroxylation sites is 1. The van der Waals surface area contributed by atoms with E-state index in [1.807, 2.05) is 29.2 Å². The van der Waals surface area contributed by atoms with E-state index in [9.17, 15) is 4.79 Å². The molecule has 0 atom stereocenters. The van der Waals surface area contributed by atoms with Crippen molar-refractivity contribution in [2.45, 2.75) is 26.2 Å². The van der Waals surface area contributed by atoms with Gasteiger partial charge in [0.15, 0.2) is 6.61 Å². The summed E-state index contributed by atoms with van der Waals surface area (Å²) in [6.45, 7) is 3.85. The Bertz CT molecular complexity index is 439. The minimum Gasteiger partial charge on any atom is -0.483 e. The number of piperidine rings is 1. The Balaban J connectivity index is 1.83. The molecule has 1 aliphatic heterocycles. The summed E-state index contributed by atoms with van der Waals surface area (Å²) in [6.07, 6.45) is 2.66. The second kappa shape index (κ2) is 7.29. The number of amides is 1. The summed E-state index contributed by atoms with van der Waals surface area (Å²) in [6, 6.07) is 7.83. The number of hydrogen-bond donors (Lipinski definition) is 1. The Kier molecular flexibility index (Phi) is 5.41. The Morgan fingerprint density at radius 3 is 2.70 bits per heavy atom. The van der Waals surface area contributed by atoms with Crippen LogP contribution in [0.15, 0.2) is 24.3 Å². The van der Waals surface area contributed by atoms with E-state index in [2.05, 4.69) is 6.92 Å². The largest absolute Gasteiger partial charge is 0.483 e. The molecule has 0 saturated carbocycles. The average Bonchev–Trinajstić information content (AvgIpc) is 2.53. The quantitative estimate of drug-likeness (QED) is 0.893. The number of aliphatic hydroxyl groups excluding tert-OH is 1. The summed E-state index contributed by atoms with van der Waals surface area (Å²) in [5, 5.41) is 9.10. The first-order valence-corrected chi connectivity index (χ1v) is 7.34. The lowest BCUT2D eigenvalue weighted by atomic mass is 9.98. The minimum absolute atomic E-state index is 0.0345. The molecule has 1 aliphatic rings. The number of carbonyl (C=O) groups excluding carboxylic acids is 1. The molecule has 1 fully saturated rings. The monoisotopic (exact) mass is 277 g/mol. The van der Waals surface area contributed by atoms with E-state index in [1.54, 1.807) is 0 Å². The Morgan fingerprint density at radius 2 is 2.05 bits per heavy atom. The van der Waals surface area contributed by atoms with Crippen molar-refractivity contribution in [2.24, 2.45) is 5.92 Å². The molecule has 0 bridgehead atoms. The van der Waals surface area contributed by atoms with Crippen molar-refractivity contribution in [3.8, 4) is 5.75 Å². The van der Waals surface area contributed by atoms with Crippen molar-refractivity contribution in [2.75, 3.05) is 26.3 Å². The van der Waals surface area contributed by atoms with Crippen LogP contribution in [0.4, 0.5) is 0 Å². The van der Waals surface area contributed by atoms with Crippen LogP contribution >= 0.6 is 0 Å². The fraction of sp³-hybridized carbons (Fsp3) is 0.562. The fourth-order valence-corrected chi connectivity index (χ4v) is 2.53. The van der Waals surface area contributed by atoms with Crippen molar-refractivity contribution >= 4 is 5.91 Å². The zero-order chi connectivity index (χ0) is 14.4. The maximum absolute atomic E-state index is 12.1. The first kappa shape index (κ1) is 14.9. The van der Waals surface area contributed by atoms with E-state index in [-0.39, 0.29) is 19.1 Å². The number of carbonyl (C=O) groups is 1. The first-order chi connectivity index (χ1) is 9.74. The highest BCUT2D eigenvalue weighted by Gasteiger charge is 2.22. The number of hydrogen-bond acceptors (Lipinski definition) is 3. The van der Waals surface area contributed by atoms with E-state index in [0.29, 0.717) is 5.92 Å². The summed E-state index contributed by atoms with van der Waals surface area (Å²) in [5.74, 6) is 1.18. The van der Waals surface area contributed by atoms with Gasteiger partial charge in [-0.2, -0.15) is 0 Å². The summed E-state index contributed by atoms with van der Waals surface area (Å²) >= 11 is 0. The van der Waals surface area contributed by atoms with Gasteiger partial charge in [0.1, 0.15) is 5.75 Å². The summed E-state index contributed by atoms with van der Waals surface area (Å²) in [4.78, 5) is 13.9. The molecule has 110 valence electrons. The van der Waals surface area contributed by atoms with Gasteiger partial charge < -0.3 is 14.7 Å². The maximum Gasteiger partial charge on any atom is 0.260 e. The third kappa shape index (κ3) is 3.73. The molecule has 1 aromatic carbocycles. The van der Waals surface area contributed by atoms with Crippen LogP contribution in [0, 0.1) is 5.92 Å². The highest BCUT2D eigenvalue weighted by molar-refractivity contribution is 5.77. The van der Waals surface area contributed by atoms with Crippen molar-refractivity contribution in [3.05, 3.63) is 29.8 Å². The third-order valence-corrected chi connectivity index (χ3v) is 3.93. The molecular formula is C16H23NO3. The van der Waals surface area contributed by atoms with E-state index in [1.165, 1.54) is 0 Å². The fourth-order valence-electron chi connectivity index (χ4n) is 2.53. The molecule has 4 nitrogen and oxygen atoms in total. The molecular weight excluding hydrogens is 254 g/mol. The SMILES string of the molecule is CCc1ccccc1OCC(=O)N1CCC(CO)CC1. The second-order valence-corrected chi connectivity index (χ2v) is 5.26. The van der Waals surface area contributed by atoms with Crippen LogP contribution in [-0.4, -0.2) is 42.2 Å². The van der Waals surface area contributed by atoms with Crippen LogP contribution in [0.25, 0.3) is 0 Å². The Labute approximate surface area is 120 Å². The van der Waals surface area contributed by atoms with Crippen LogP contribution in [0.3, 0.4) is 0 Å². The van der Waals surface area contributed by atoms with Crippen molar-refractivity contribution < 1.29 is 14.6 Å². The van der Waals surface area contributed by atoms with E-state index in [4.69, 9.17) is 9.84 Å². The van der Waals surface area contributed by atoms with Gasteiger partial charge in [0.25, 0.3) is 5.91 Å². The van der Waals surface area contributed by atoms with Gasteiger partial charge >= 0.3 is 0 Å². The molecule has 1 amide bonds. The molecule has 0 unspecified atom stereocenters. The Morgan fingerprint density at radius 1 is 1.35 bits per heavy atom. The predicted octanol–water partition coefficient (Wildman–Crippen LogP) is 1.86. The molecule has 1 heterocycles. The molecule has 1 aromatic rings. The third-order valence-electron chi connectivity index (χ3n) is 3.93. The van der Waals surface area contributed by atoms with E-state index < -0.39 is 0 Å². The van der Waals surface area contributed by atoms with Crippen LogP contribution in [0.2, 0.25) is 0 Å². The molecule has 20 heavy (non-hydrogen) atoms. The average molecular weight is 277 g/mol. The maximum atomic E-state index is 12.1. The smallest absolute Gasteiger partial charge is 0.260 e. The van der Waals surface area contributed by atoms with Gasteiger partial charge in [-0.25, -0.2) is 0 Å². The van der Waals surface area contributed by atoms with Gasteiger partial charge in [0.2, 0.25) is 0 Å². The lowest BCUT2D eigenvalue weighted by Crippen LogP contribution is -2.41. The lowest BCUT2D eigenvalue weighted by Gasteiger charge is -2.31. The van der Waals surface area contributed by atoms with Crippen molar-refractivity contribution in [1.29, 1.82) is 0 Å². The number of rotatable bonds is 5. The number of aliphatic hydroxyl groups is 1. The van der Waals surface area contributed by atoms with Gasteiger partial charge in [-0.3, -0.25) is 4.79 Å². The molecule has 1 N–H and O–H groups in total. The lowest BCUT2D eigenvalue weighted by molar-refractivity contribution is -0.135. The topological polar surface area (TPSA) is 49.8 Å². The summed E-state index contributed by atoms with van der Waals surface area (Å²) < 4.78 is 5.66. The van der Waals surface area contributed by atoms with E-state index >= 15 is 0 Å². The zero-order valence-corrected chi connectivity index (χ0v) is 12.0. The summed E-state index contributed by atoms with van der Waals surface area (Å²) in [5.41, 5.74) is 1.12. The number of nitrogens with zero attached hydrogens (tertiary/aromatic N) is 1. The molecule has 2 rings (SSSR count). The number of aryl methyl sites for hydroxylation is 1. The van der Waals surface area contributed by atoms with Gasteiger partial charge in [0, 0.05) is 19.7 Å². The number of ether oxygens (including phenoxy) is 1. The predicted molar refractivity (Wildman–Crippen MR) is 77.7 cm³/mol. The normalized spacial score (nSPS) is 16.2. The molecule has 0 aromatic heterocycles. The molecule has 0 aliphatic carbocycles. The van der Waals surface area contributed by atoms with Gasteiger partial charge in [-0.05, 0) is 36.8 Å². The standard InChI is InChI=1S/C16H23NO3/c1-2-14-5-3-4-6-15(14)20-12-16(19)17-9-7-13(11-18)8-10-17/h3-6,13,18H,2,7-12H2,1H3. The molecule has 1 saturated heterocycles. The highest BCUT2D eigenvalue weighted by atomic mass is 16.5. The van der Waals surface area contributed by atoms with Crippen molar-refractivity contribution in [1.82, 2.24) is 4.90 Å². The van der Waals surface area contributed by atoms with Crippen LogP contribution in [0.5, 0.6) is 5.75 Å². The number of benzene rings is 1. The highest BCUT2D eigenvalue weighted by Crippen LogP contribution is 2.19. The molecule has 0 spiro atoms. The van der Waals surface area contributed by atoms with Gasteiger partial charge in [-0.1, -0.05) is 25.1 Å². The van der Waals surface area contributed by atoms with Crippen LogP contribution < -0.4 is 4.74 Å². The van der Waals surface area contributed by atoms with Crippen LogP contribution in [-0.2, 0) is 11.2 Å². The zero-order valence-electron chi connectivity index (χ0n) is 12.0. The Hall–Kier alpha value is -1.55. The summed E-state index contributed by atoms with van der Waals surface area (Å²) in [7, 11) is 0. The van der Waals surface area contributed by atoms with Gasteiger partial charge in [0.05, 0.1) is 0 Å². The van der Waals surface area contributed by atoms with E-state index in [0.717, 1.165) is 43.7 Å². The second-order valence-electron chi connectivity index (χ2n) is 5.26. The molecule has 4 heteroatoms. The van der Waals surface area contributed by atoms with Gasteiger partial charge in [-0.15, -0.1) is 0 Å². The van der Waals surface area contributed by atoms with Crippen LogP contribution in [0.1, 0.15) is 25.3 Å². The molecule has 0 radical (unpaired) electrons. The minimum atomic E-state index is 0.0345.